The van der Waals surface area contributed by atoms with Crippen LogP contribution in [0.25, 0.3) is 6.08 Å². The normalized spacial score (nSPS) is 25.7. The summed E-state index contributed by atoms with van der Waals surface area (Å²) in [6.45, 7) is 3.80. The largest absolute Gasteiger partial charge is 0.491 e. The van der Waals surface area contributed by atoms with E-state index in [4.69, 9.17) is 9.84 Å². The first-order valence-electron chi connectivity index (χ1n) is 13.2. The summed E-state index contributed by atoms with van der Waals surface area (Å²) in [6.07, 6.45) is 5.60. The molecule has 4 aliphatic rings. The number of hydrogen-bond acceptors (Lipinski definition) is 6. The molecule has 0 spiro atoms. The smallest absolute Gasteiger partial charge is 0.238 e. The lowest BCUT2D eigenvalue weighted by atomic mass is 9.59. The van der Waals surface area contributed by atoms with Crippen LogP contribution in [0, 0.1) is 17.8 Å². The van der Waals surface area contributed by atoms with Crippen molar-refractivity contribution in [3.05, 3.63) is 99.6 Å². The number of ketones is 2. The van der Waals surface area contributed by atoms with Gasteiger partial charge in [-0.05, 0) is 70.1 Å². The molecule has 202 valence electrons. The number of imide groups is 1. The van der Waals surface area contributed by atoms with Gasteiger partial charge >= 0.3 is 0 Å². The van der Waals surface area contributed by atoms with Crippen molar-refractivity contribution in [3.63, 3.8) is 0 Å². The Bertz CT molecular complexity index is 1550. The van der Waals surface area contributed by atoms with Gasteiger partial charge in [-0.2, -0.15) is 0 Å². The van der Waals surface area contributed by atoms with Crippen LogP contribution in [0.4, 0.5) is 5.69 Å². The summed E-state index contributed by atoms with van der Waals surface area (Å²) in [5, 5.41) is 9.07. The molecule has 2 amide bonds. The topological polar surface area (TPSA) is 101 Å². The van der Waals surface area contributed by atoms with Gasteiger partial charge in [0.05, 0.1) is 28.6 Å². The first kappa shape index (κ1) is 26.3. The van der Waals surface area contributed by atoms with Crippen molar-refractivity contribution in [2.45, 2.75) is 18.8 Å². The molecule has 0 radical (unpaired) electrons. The molecule has 1 fully saturated rings. The van der Waals surface area contributed by atoms with E-state index in [2.05, 4.69) is 22.5 Å². The van der Waals surface area contributed by atoms with Crippen LogP contribution in [0.2, 0.25) is 0 Å². The summed E-state index contributed by atoms with van der Waals surface area (Å²) < 4.78 is 5.70. The maximum absolute atomic E-state index is 14.0. The molecule has 40 heavy (non-hydrogen) atoms. The molecule has 2 aromatic carbocycles. The predicted octanol–water partition coefficient (Wildman–Crippen LogP) is 4.67. The predicted molar refractivity (Wildman–Crippen MR) is 153 cm³/mol. The Morgan fingerprint density at radius 1 is 1.00 bits per heavy atom. The van der Waals surface area contributed by atoms with Gasteiger partial charge in [0.25, 0.3) is 0 Å². The number of allylic oxidation sites excluding steroid dienone is 6. The Labute approximate surface area is 239 Å². The van der Waals surface area contributed by atoms with Crippen molar-refractivity contribution in [2.75, 3.05) is 18.1 Å². The molecule has 0 saturated carbocycles. The molecule has 4 atom stereocenters. The Balaban J connectivity index is 1.42. The zero-order chi connectivity index (χ0) is 28.1. The maximum atomic E-state index is 14.0. The van der Waals surface area contributed by atoms with Crippen molar-refractivity contribution in [3.8, 4) is 5.75 Å². The van der Waals surface area contributed by atoms with Crippen LogP contribution in [-0.2, 0) is 19.2 Å². The number of benzene rings is 2. The minimum atomic E-state index is -0.636. The first-order chi connectivity index (χ1) is 19.3. The van der Waals surface area contributed by atoms with E-state index < -0.39 is 23.7 Å². The molecule has 0 unspecified atom stereocenters. The highest BCUT2D eigenvalue weighted by Gasteiger charge is 2.56. The van der Waals surface area contributed by atoms with E-state index >= 15 is 0 Å². The van der Waals surface area contributed by atoms with E-state index in [1.807, 2.05) is 30.3 Å². The number of hydrogen-bond donors (Lipinski definition) is 1. The SMILES string of the molecule is C=Cc1ccc(N2C(=O)[C@H]3[C@H](CC=C4[C@H](c5ccc(OCCO)cc5)C5=C(C[C@H]43)C(=O)C(Br)=CC5=O)C2=O)cc1. The highest BCUT2D eigenvalue weighted by Crippen LogP contribution is 2.55. The molecule has 1 N–H and O–H groups in total. The summed E-state index contributed by atoms with van der Waals surface area (Å²) in [5.74, 6) is -2.57. The van der Waals surface area contributed by atoms with Gasteiger partial charge in [-0.3, -0.25) is 24.1 Å². The minimum absolute atomic E-state index is 0.113. The van der Waals surface area contributed by atoms with Crippen molar-refractivity contribution in [1.29, 1.82) is 0 Å². The van der Waals surface area contributed by atoms with Crippen LogP contribution < -0.4 is 9.64 Å². The average molecular weight is 600 g/mol. The molecule has 8 heteroatoms. The molecular formula is C32H26BrNO6. The van der Waals surface area contributed by atoms with Gasteiger partial charge < -0.3 is 9.84 Å². The maximum Gasteiger partial charge on any atom is 0.238 e. The van der Waals surface area contributed by atoms with E-state index in [1.165, 1.54) is 11.0 Å². The molecule has 2 aromatic rings. The minimum Gasteiger partial charge on any atom is -0.491 e. The second-order valence-electron chi connectivity index (χ2n) is 10.3. The molecular weight excluding hydrogens is 574 g/mol. The van der Waals surface area contributed by atoms with E-state index in [1.54, 1.807) is 30.3 Å². The molecule has 0 aromatic heterocycles. The van der Waals surface area contributed by atoms with Gasteiger partial charge in [0, 0.05) is 23.1 Å². The third-order valence-corrected chi connectivity index (χ3v) is 8.88. The first-order valence-corrected chi connectivity index (χ1v) is 14.0. The van der Waals surface area contributed by atoms with E-state index in [0.717, 1.165) is 16.7 Å². The van der Waals surface area contributed by atoms with Gasteiger partial charge in [0.1, 0.15) is 12.4 Å². The second-order valence-corrected chi connectivity index (χ2v) is 11.2. The zero-order valence-electron chi connectivity index (χ0n) is 21.5. The van der Waals surface area contributed by atoms with Gasteiger partial charge in [-0.25, -0.2) is 0 Å². The fourth-order valence-corrected chi connectivity index (χ4v) is 6.97. The van der Waals surface area contributed by atoms with Crippen molar-refractivity contribution in [1.82, 2.24) is 0 Å². The lowest BCUT2D eigenvalue weighted by molar-refractivity contribution is -0.123. The summed E-state index contributed by atoms with van der Waals surface area (Å²) in [7, 11) is 0. The van der Waals surface area contributed by atoms with E-state index in [9.17, 15) is 19.2 Å². The van der Waals surface area contributed by atoms with E-state index in [-0.39, 0.29) is 47.5 Å². The summed E-state index contributed by atoms with van der Waals surface area (Å²) >= 11 is 3.25. The number of nitrogens with zero attached hydrogens (tertiary/aromatic N) is 1. The fourth-order valence-electron chi connectivity index (χ4n) is 6.52. The van der Waals surface area contributed by atoms with Crippen molar-refractivity contribution < 1.29 is 29.0 Å². The Kier molecular flexibility index (Phi) is 6.76. The summed E-state index contributed by atoms with van der Waals surface area (Å²) in [5.41, 5.74) is 3.89. The number of carbonyl (C=O) groups excluding carboxylic acids is 4. The number of Topliss-reactive ketones (excluding diaryl/α,β-unsaturated/α-hetero) is 1. The van der Waals surface area contributed by atoms with Gasteiger partial charge in [-0.1, -0.05) is 48.6 Å². The van der Waals surface area contributed by atoms with Crippen LogP contribution in [0.3, 0.4) is 0 Å². The molecule has 1 aliphatic heterocycles. The van der Waals surface area contributed by atoms with Gasteiger partial charge in [-0.15, -0.1) is 0 Å². The van der Waals surface area contributed by atoms with Crippen LogP contribution in [0.15, 0.2) is 88.5 Å². The van der Waals surface area contributed by atoms with Crippen LogP contribution in [-0.4, -0.2) is 41.7 Å². The quantitative estimate of drug-likeness (QED) is 0.294. The molecule has 7 nitrogen and oxygen atoms in total. The van der Waals surface area contributed by atoms with Crippen molar-refractivity contribution in [2.24, 2.45) is 17.8 Å². The summed E-state index contributed by atoms with van der Waals surface area (Å²) in [4.78, 5) is 55.5. The van der Waals surface area contributed by atoms with E-state index in [0.29, 0.717) is 29.0 Å². The standard InChI is InChI=1S/C32H26BrNO6/c1-2-17-3-7-19(8-4-17)34-31(38)22-12-11-21-23(28(22)32(34)39)15-24-29(26(36)16-25(33)30(24)37)27(21)18-5-9-20(10-6-18)40-14-13-35/h2-11,16,22-23,27-28,35H,1,12-15H2/t22-,23+,27-,28-/m0/s1. The number of halogens is 1. The number of ether oxygens (including phenoxy) is 1. The lowest BCUT2D eigenvalue weighted by Crippen LogP contribution is -2.39. The number of anilines is 1. The third-order valence-electron chi connectivity index (χ3n) is 8.29. The van der Waals surface area contributed by atoms with Crippen LogP contribution >= 0.6 is 15.9 Å². The zero-order valence-corrected chi connectivity index (χ0v) is 23.1. The van der Waals surface area contributed by atoms with Crippen LogP contribution in [0.5, 0.6) is 5.75 Å². The third kappa shape index (κ3) is 4.14. The number of aliphatic hydroxyl groups excluding tert-OH is 1. The number of rotatable bonds is 6. The number of aliphatic hydroxyl groups is 1. The fraction of sp³-hybridized carbons (Fsp3) is 0.250. The Hall–Kier alpha value is -3.88. The van der Waals surface area contributed by atoms with Gasteiger partial charge in [0.15, 0.2) is 11.6 Å². The molecule has 3 aliphatic carbocycles. The molecule has 1 saturated heterocycles. The Morgan fingerprint density at radius 3 is 2.40 bits per heavy atom. The monoisotopic (exact) mass is 599 g/mol. The Morgan fingerprint density at radius 2 is 1.73 bits per heavy atom. The highest BCUT2D eigenvalue weighted by atomic mass is 79.9. The molecule has 0 bridgehead atoms. The van der Waals surface area contributed by atoms with Crippen LogP contribution in [0.1, 0.15) is 29.9 Å². The highest BCUT2D eigenvalue weighted by molar-refractivity contribution is 9.12. The molecule has 6 rings (SSSR count). The lowest BCUT2D eigenvalue weighted by Gasteiger charge is -2.42. The second kappa shape index (κ2) is 10.3. The van der Waals surface area contributed by atoms with Gasteiger partial charge in [0.2, 0.25) is 11.8 Å². The number of amides is 2. The van der Waals surface area contributed by atoms with Crippen molar-refractivity contribution >= 4 is 51.1 Å². The number of carbonyl (C=O) groups is 4. The molecule has 1 heterocycles. The average Bonchev–Trinajstić information content (AvgIpc) is 3.23. The summed E-state index contributed by atoms with van der Waals surface area (Å²) in [6, 6.07) is 14.3. The number of fused-ring (bicyclic) bond motifs is 3.